The van der Waals surface area contributed by atoms with Gasteiger partial charge >= 0.3 is 0 Å². The van der Waals surface area contributed by atoms with Crippen LogP contribution in [0.3, 0.4) is 0 Å². The molecule has 0 spiro atoms. The fourth-order valence-corrected chi connectivity index (χ4v) is 1.28. The molecule has 0 radical (unpaired) electrons. The van der Waals surface area contributed by atoms with E-state index in [-0.39, 0.29) is 11.5 Å². The first-order valence-corrected chi connectivity index (χ1v) is 5.16. The third-order valence-corrected chi connectivity index (χ3v) is 2.12. The van der Waals surface area contributed by atoms with Gasteiger partial charge in [-0.3, -0.25) is 4.79 Å². The maximum absolute atomic E-state index is 13.2. The average molecular weight is 240 g/mol. The Morgan fingerprint density at radius 1 is 1.56 bits per heavy atom. The summed E-state index contributed by atoms with van der Waals surface area (Å²) < 4.78 is 13.2. The van der Waals surface area contributed by atoms with Gasteiger partial charge in [-0.1, -0.05) is 29.5 Å². The highest BCUT2D eigenvalue weighted by Gasteiger charge is 2.02. The summed E-state index contributed by atoms with van der Waals surface area (Å²) in [5, 5.41) is 2.89. The van der Waals surface area contributed by atoms with Gasteiger partial charge in [-0.15, -0.1) is 0 Å². The molecule has 0 saturated heterocycles. The molecule has 4 heteroatoms. The molecular weight excluding hydrogens is 229 g/mol. The Morgan fingerprint density at radius 2 is 2.31 bits per heavy atom. The van der Waals surface area contributed by atoms with E-state index in [4.69, 9.17) is 11.6 Å². The van der Waals surface area contributed by atoms with Gasteiger partial charge in [-0.25, -0.2) is 4.39 Å². The van der Waals surface area contributed by atoms with Crippen LogP contribution in [0.25, 0.3) is 0 Å². The predicted molar refractivity (Wildman–Crippen MR) is 61.6 cm³/mol. The highest BCUT2D eigenvalue weighted by Crippen LogP contribution is 2.17. The van der Waals surface area contributed by atoms with Crippen LogP contribution in [0.4, 0.5) is 4.39 Å². The minimum atomic E-state index is -0.431. The molecule has 0 aromatic heterocycles. The van der Waals surface area contributed by atoms with Crippen molar-refractivity contribution in [3.63, 3.8) is 0 Å². The Labute approximate surface area is 98.8 Å². The van der Waals surface area contributed by atoms with Crippen LogP contribution >= 0.6 is 11.6 Å². The summed E-state index contributed by atoms with van der Waals surface area (Å²) in [7, 11) is 0. The molecule has 1 N–H and O–H groups in total. The summed E-state index contributed by atoms with van der Waals surface area (Å²) in [6.45, 7) is 1.88. The fourth-order valence-electron chi connectivity index (χ4n) is 1.07. The molecule has 0 aliphatic heterocycles. The Kier molecular flexibility index (Phi) is 4.81. The monoisotopic (exact) mass is 239 g/mol. The number of halogens is 2. The highest BCUT2D eigenvalue weighted by atomic mass is 35.5. The second-order valence-electron chi connectivity index (χ2n) is 3.13. The van der Waals surface area contributed by atoms with Gasteiger partial charge in [-0.05, 0) is 12.1 Å². The largest absolute Gasteiger partial charge is 0.355 e. The zero-order valence-corrected chi connectivity index (χ0v) is 9.57. The molecule has 2 nitrogen and oxygen atoms in total. The van der Waals surface area contributed by atoms with Crippen LogP contribution in [0.5, 0.6) is 0 Å². The smallest absolute Gasteiger partial charge is 0.216 e. The van der Waals surface area contributed by atoms with Crippen molar-refractivity contribution in [3.05, 3.63) is 34.6 Å². The van der Waals surface area contributed by atoms with Crippen LogP contribution in [0.2, 0.25) is 5.02 Å². The zero-order chi connectivity index (χ0) is 12.0. The van der Waals surface area contributed by atoms with Crippen LogP contribution in [0.15, 0.2) is 18.2 Å². The Morgan fingerprint density at radius 3 is 2.94 bits per heavy atom. The van der Waals surface area contributed by atoms with Gasteiger partial charge in [0, 0.05) is 19.9 Å². The van der Waals surface area contributed by atoms with Gasteiger partial charge in [-0.2, -0.15) is 0 Å². The van der Waals surface area contributed by atoms with E-state index in [1.165, 1.54) is 19.1 Å². The lowest BCUT2D eigenvalue weighted by Crippen LogP contribution is -2.20. The van der Waals surface area contributed by atoms with E-state index in [1.54, 1.807) is 6.07 Å². The molecular formula is C12H11ClFNO. The highest BCUT2D eigenvalue weighted by molar-refractivity contribution is 6.31. The molecule has 0 heterocycles. The number of hydrogen-bond acceptors (Lipinski definition) is 1. The van der Waals surface area contributed by atoms with Crippen LogP contribution in [0, 0.1) is 17.7 Å². The molecule has 0 bridgehead atoms. The van der Waals surface area contributed by atoms with Crippen molar-refractivity contribution in [1.29, 1.82) is 0 Å². The standard InChI is InChI=1S/C12H11ClFNO/c1-9(16)15-8-3-2-5-10-11(13)6-4-7-12(10)14/h4,6-7H,3,8H2,1H3,(H,15,16). The zero-order valence-electron chi connectivity index (χ0n) is 8.81. The molecule has 0 unspecified atom stereocenters. The minimum Gasteiger partial charge on any atom is -0.355 e. The van der Waals surface area contributed by atoms with Gasteiger partial charge in [0.1, 0.15) is 5.82 Å². The van der Waals surface area contributed by atoms with E-state index in [9.17, 15) is 9.18 Å². The fraction of sp³-hybridized carbons (Fsp3) is 0.250. The van der Waals surface area contributed by atoms with Crippen molar-refractivity contribution in [3.8, 4) is 11.8 Å². The molecule has 1 rings (SSSR count). The van der Waals surface area contributed by atoms with Gasteiger partial charge in [0.05, 0.1) is 10.6 Å². The van der Waals surface area contributed by atoms with Gasteiger partial charge in [0.25, 0.3) is 0 Å². The Hall–Kier alpha value is -1.53. The summed E-state index contributed by atoms with van der Waals surface area (Å²) in [4.78, 5) is 10.5. The third kappa shape index (κ3) is 3.92. The maximum atomic E-state index is 13.2. The van der Waals surface area contributed by atoms with Gasteiger partial charge < -0.3 is 5.32 Å². The van der Waals surface area contributed by atoms with Crippen molar-refractivity contribution >= 4 is 17.5 Å². The number of nitrogens with one attached hydrogen (secondary N) is 1. The molecule has 84 valence electrons. The lowest BCUT2D eigenvalue weighted by atomic mass is 10.2. The van der Waals surface area contributed by atoms with Crippen LogP contribution < -0.4 is 5.32 Å². The first kappa shape index (κ1) is 12.5. The number of carbonyl (C=O) groups is 1. The van der Waals surface area contributed by atoms with Crippen LogP contribution in [0.1, 0.15) is 18.9 Å². The quantitative estimate of drug-likeness (QED) is 0.623. The second-order valence-corrected chi connectivity index (χ2v) is 3.54. The molecule has 16 heavy (non-hydrogen) atoms. The van der Waals surface area contributed by atoms with Crippen molar-refractivity contribution < 1.29 is 9.18 Å². The molecule has 1 amide bonds. The lowest BCUT2D eigenvalue weighted by Gasteiger charge is -1.97. The first-order chi connectivity index (χ1) is 7.61. The summed E-state index contributed by atoms with van der Waals surface area (Å²) in [5.74, 6) is 4.86. The number of rotatable bonds is 2. The number of amides is 1. The number of hydrogen-bond donors (Lipinski definition) is 1. The molecule has 0 aliphatic rings. The summed E-state index contributed by atoms with van der Waals surface area (Å²) in [5.41, 5.74) is 0.201. The number of carbonyl (C=O) groups excluding carboxylic acids is 1. The van der Waals surface area contributed by atoms with E-state index < -0.39 is 5.82 Å². The van der Waals surface area contributed by atoms with Crippen LogP contribution in [-0.4, -0.2) is 12.5 Å². The second kappa shape index (κ2) is 6.14. The van der Waals surface area contributed by atoms with Gasteiger partial charge in [0.15, 0.2) is 0 Å². The Balaban J connectivity index is 2.60. The van der Waals surface area contributed by atoms with Gasteiger partial charge in [0.2, 0.25) is 5.91 Å². The summed E-state index contributed by atoms with van der Waals surface area (Å²) in [6, 6.07) is 4.42. The van der Waals surface area contributed by atoms with E-state index in [2.05, 4.69) is 17.2 Å². The van der Waals surface area contributed by atoms with E-state index >= 15 is 0 Å². The molecule has 0 atom stereocenters. The van der Waals surface area contributed by atoms with Crippen molar-refractivity contribution in [2.45, 2.75) is 13.3 Å². The molecule has 0 aliphatic carbocycles. The molecule has 1 aromatic rings. The Bertz CT molecular complexity index is 428. The van der Waals surface area contributed by atoms with Crippen molar-refractivity contribution in [2.24, 2.45) is 0 Å². The summed E-state index contributed by atoms with van der Waals surface area (Å²) >= 11 is 5.78. The summed E-state index contributed by atoms with van der Waals surface area (Å²) in [6.07, 6.45) is 0.463. The maximum Gasteiger partial charge on any atom is 0.216 e. The topological polar surface area (TPSA) is 29.1 Å². The van der Waals surface area contributed by atoms with E-state index in [0.717, 1.165) is 0 Å². The SMILES string of the molecule is CC(=O)NCCC#Cc1c(F)cccc1Cl. The minimum absolute atomic E-state index is 0.106. The lowest BCUT2D eigenvalue weighted by molar-refractivity contribution is -0.118. The van der Waals surface area contributed by atoms with E-state index in [0.29, 0.717) is 18.0 Å². The molecule has 0 fully saturated rings. The average Bonchev–Trinajstić information content (AvgIpc) is 2.21. The molecule has 1 aromatic carbocycles. The van der Waals surface area contributed by atoms with Crippen LogP contribution in [-0.2, 0) is 4.79 Å². The van der Waals surface area contributed by atoms with Crippen molar-refractivity contribution in [2.75, 3.05) is 6.54 Å². The molecule has 0 saturated carbocycles. The predicted octanol–water partition coefficient (Wildman–Crippen LogP) is 2.36. The normalized spacial score (nSPS) is 9.19. The van der Waals surface area contributed by atoms with E-state index in [1.807, 2.05) is 0 Å². The van der Waals surface area contributed by atoms with Crippen molar-refractivity contribution in [1.82, 2.24) is 5.32 Å². The third-order valence-electron chi connectivity index (χ3n) is 1.80. The first-order valence-electron chi connectivity index (χ1n) is 4.78. The number of benzene rings is 1.